The number of aryl methyl sites for hydroxylation is 2. The average molecular weight is 325 g/mol. The summed E-state index contributed by atoms with van der Waals surface area (Å²) in [6.45, 7) is 4.19. The normalized spacial score (nSPS) is 11.3. The van der Waals surface area contributed by atoms with Gasteiger partial charge in [-0.2, -0.15) is 5.10 Å². The maximum atomic E-state index is 4.33. The van der Waals surface area contributed by atoms with Crippen molar-refractivity contribution in [2.75, 3.05) is 24.4 Å². The molecule has 0 unspecified atom stereocenters. The highest BCUT2D eigenvalue weighted by Crippen LogP contribution is 2.32. The van der Waals surface area contributed by atoms with Crippen molar-refractivity contribution in [3.8, 4) is 0 Å². The molecule has 0 amide bonds. The summed E-state index contributed by atoms with van der Waals surface area (Å²) < 4.78 is 0. The molecule has 5 nitrogen and oxygen atoms in total. The molecule has 0 spiro atoms. The summed E-state index contributed by atoms with van der Waals surface area (Å²) in [6.07, 6.45) is 3.36. The lowest BCUT2D eigenvalue weighted by molar-refractivity contribution is 1.13. The van der Waals surface area contributed by atoms with Crippen molar-refractivity contribution in [3.05, 3.63) is 46.6 Å². The molecule has 23 heavy (non-hydrogen) atoms. The van der Waals surface area contributed by atoms with Gasteiger partial charge in [0.2, 0.25) is 0 Å². The number of rotatable bonds is 4. The number of nitrogens with zero attached hydrogens (tertiary/aromatic N) is 4. The Labute approximate surface area is 139 Å². The zero-order valence-electron chi connectivity index (χ0n) is 13.7. The molecule has 6 heteroatoms. The summed E-state index contributed by atoms with van der Waals surface area (Å²) in [5, 5.41) is 5.36. The summed E-state index contributed by atoms with van der Waals surface area (Å²) in [4.78, 5) is 13.0. The van der Waals surface area contributed by atoms with E-state index >= 15 is 0 Å². The fraction of sp³-hybridized carbons (Fsp3) is 0.235. The van der Waals surface area contributed by atoms with Gasteiger partial charge in [-0.3, -0.25) is 5.43 Å². The molecule has 2 aromatic heterocycles. The molecule has 0 fully saturated rings. The van der Waals surface area contributed by atoms with E-state index in [-0.39, 0.29) is 0 Å². The molecule has 0 radical (unpaired) electrons. The van der Waals surface area contributed by atoms with Crippen LogP contribution in [0.5, 0.6) is 0 Å². The lowest BCUT2D eigenvalue weighted by Crippen LogP contribution is -2.08. The smallest absolute Gasteiger partial charge is 0.158 e. The van der Waals surface area contributed by atoms with Crippen molar-refractivity contribution in [2.45, 2.75) is 13.8 Å². The van der Waals surface area contributed by atoms with Crippen LogP contribution in [0.4, 0.5) is 11.5 Å². The summed E-state index contributed by atoms with van der Waals surface area (Å²) >= 11 is 1.68. The standard InChI is InChI=1S/C17H19N5S/c1-11-12(2)23-17-15(11)16(18-10-19-17)21-20-9-13-5-7-14(8-6-13)22(3)4/h5-10H,1-4H3,(H,18,19,21)/b20-9-. The Hall–Kier alpha value is -2.47. The predicted molar refractivity (Wildman–Crippen MR) is 98.9 cm³/mol. The highest BCUT2D eigenvalue weighted by molar-refractivity contribution is 7.18. The molecule has 0 aliphatic heterocycles. The second-order valence-corrected chi connectivity index (χ2v) is 6.74. The third-order valence-corrected chi connectivity index (χ3v) is 4.87. The minimum Gasteiger partial charge on any atom is -0.378 e. The van der Waals surface area contributed by atoms with Crippen LogP contribution in [-0.4, -0.2) is 30.3 Å². The summed E-state index contributed by atoms with van der Waals surface area (Å²) in [5.74, 6) is 0.748. The molecular weight excluding hydrogens is 306 g/mol. The summed E-state index contributed by atoms with van der Waals surface area (Å²) in [5.41, 5.74) is 6.45. The Morgan fingerprint density at radius 1 is 1.13 bits per heavy atom. The van der Waals surface area contributed by atoms with Crippen LogP contribution in [-0.2, 0) is 0 Å². The van der Waals surface area contributed by atoms with Gasteiger partial charge in [-0.1, -0.05) is 12.1 Å². The van der Waals surface area contributed by atoms with Crippen molar-refractivity contribution in [3.63, 3.8) is 0 Å². The number of aromatic nitrogens is 2. The number of hydrogen-bond donors (Lipinski definition) is 1. The van der Waals surface area contributed by atoms with Crippen LogP contribution in [0.2, 0.25) is 0 Å². The van der Waals surface area contributed by atoms with Crippen LogP contribution >= 0.6 is 11.3 Å². The third kappa shape index (κ3) is 3.17. The van der Waals surface area contributed by atoms with E-state index < -0.39 is 0 Å². The number of hydrogen-bond acceptors (Lipinski definition) is 6. The van der Waals surface area contributed by atoms with Gasteiger partial charge in [-0.15, -0.1) is 11.3 Å². The van der Waals surface area contributed by atoms with E-state index in [4.69, 9.17) is 0 Å². The summed E-state index contributed by atoms with van der Waals surface area (Å²) in [7, 11) is 4.05. The van der Waals surface area contributed by atoms with Crippen molar-refractivity contribution in [1.82, 2.24) is 9.97 Å². The Morgan fingerprint density at radius 2 is 1.87 bits per heavy atom. The fourth-order valence-electron chi connectivity index (χ4n) is 2.29. The Bertz CT molecular complexity index is 849. The fourth-order valence-corrected chi connectivity index (χ4v) is 3.29. The molecule has 3 rings (SSSR count). The van der Waals surface area contributed by atoms with E-state index in [1.807, 2.05) is 26.2 Å². The molecule has 0 aliphatic rings. The van der Waals surface area contributed by atoms with Crippen molar-refractivity contribution in [1.29, 1.82) is 0 Å². The van der Waals surface area contributed by atoms with E-state index in [9.17, 15) is 0 Å². The second kappa shape index (κ2) is 6.34. The number of nitrogens with one attached hydrogen (secondary N) is 1. The topological polar surface area (TPSA) is 53.4 Å². The predicted octanol–water partition coefficient (Wildman–Crippen LogP) is 3.82. The molecular formula is C17H19N5S. The largest absolute Gasteiger partial charge is 0.378 e. The van der Waals surface area contributed by atoms with Crippen molar-refractivity contribution in [2.24, 2.45) is 5.10 Å². The van der Waals surface area contributed by atoms with Gasteiger partial charge in [-0.05, 0) is 37.1 Å². The van der Waals surface area contributed by atoms with E-state index in [0.717, 1.165) is 27.3 Å². The monoisotopic (exact) mass is 325 g/mol. The van der Waals surface area contributed by atoms with Crippen LogP contribution in [0.15, 0.2) is 35.7 Å². The number of thiophene rings is 1. The molecule has 0 atom stereocenters. The van der Waals surface area contributed by atoms with Crippen LogP contribution in [0.25, 0.3) is 10.2 Å². The summed E-state index contributed by atoms with van der Waals surface area (Å²) in [6, 6.07) is 8.21. The molecule has 0 saturated carbocycles. The molecule has 3 aromatic rings. The Balaban J connectivity index is 1.80. The molecule has 2 heterocycles. The highest BCUT2D eigenvalue weighted by atomic mass is 32.1. The molecule has 0 saturated heterocycles. The third-order valence-electron chi connectivity index (χ3n) is 3.76. The maximum Gasteiger partial charge on any atom is 0.158 e. The van der Waals surface area contributed by atoms with Gasteiger partial charge in [0.25, 0.3) is 0 Å². The van der Waals surface area contributed by atoms with Crippen molar-refractivity contribution >= 4 is 39.3 Å². The average Bonchev–Trinajstić information content (AvgIpc) is 2.83. The van der Waals surface area contributed by atoms with Gasteiger partial charge in [0.05, 0.1) is 11.6 Å². The van der Waals surface area contributed by atoms with Gasteiger partial charge in [0.15, 0.2) is 5.82 Å². The van der Waals surface area contributed by atoms with Gasteiger partial charge in [-0.25, -0.2) is 9.97 Å². The van der Waals surface area contributed by atoms with Gasteiger partial charge in [0.1, 0.15) is 11.2 Å². The molecule has 0 bridgehead atoms. The van der Waals surface area contributed by atoms with Gasteiger partial charge >= 0.3 is 0 Å². The van der Waals surface area contributed by atoms with Gasteiger partial charge < -0.3 is 4.90 Å². The molecule has 1 N–H and O–H groups in total. The first-order valence-corrected chi connectivity index (χ1v) is 8.15. The number of anilines is 2. The number of hydrazone groups is 1. The van der Waals surface area contributed by atoms with Crippen molar-refractivity contribution < 1.29 is 0 Å². The lowest BCUT2D eigenvalue weighted by Gasteiger charge is -2.11. The minimum absolute atomic E-state index is 0.748. The zero-order valence-corrected chi connectivity index (χ0v) is 14.5. The second-order valence-electron chi connectivity index (χ2n) is 5.54. The van der Waals surface area contributed by atoms with Gasteiger partial charge in [0, 0.05) is 24.7 Å². The van der Waals surface area contributed by atoms with Crippen LogP contribution < -0.4 is 10.3 Å². The van der Waals surface area contributed by atoms with E-state index in [1.165, 1.54) is 10.4 Å². The Morgan fingerprint density at radius 3 is 2.57 bits per heavy atom. The maximum absolute atomic E-state index is 4.33. The number of fused-ring (bicyclic) bond motifs is 1. The van der Waals surface area contributed by atoms with Crippen LogP contribution in [0.3, 0.4) is 0 Å². The molecule has 0 aliphatic carbocycles. The SMILES string of the molecule is Cc1sc2ncnc(N/N=C\c3ccc(N(C)C)cc3)c2c1C. The minimum atomic E-state index is 0.748. The first-order valence-electron chi connectivity index (χ1n) is 7.33. The zero-order chi connectivity index (χ0) is 16.4. The Kier molecular flexibility index (Phi) is 4.25. The first-order chi connectivity index (χ1) is 11.1. The molecule has 1 aromatic carbocycles. The van der Waals surface area contributed by atoms with E-state index in [2.05, 4.69) is 51.4 Å². The lowest BCUT2D eigenvalue weighted by atomic mass is 10.2. The molecule has 118 valence electrons. The van der Waals surface area contributed by atoms with E-state index in [0.29, 0.717) is 0 Å². The highest BCUT2D eigenvalue weighted by Gasteiger charge is 2.11. The van der Waals surface area contributed by atoms with Crippen LogP contribution in [0, 0.1) is 13.8 Å². The van der Waals surface area contributed by atoms with Crippen LogP contribution in [0.1, 0.15) is 16.0 Å². The number of benzene rings is 1. The first kappa shape index (κ1) is 15.4. The van der Waals surface area contributed by atoms with E-state index in [1.54, 1.807) is 23.9 Å². The quantitative estimate of drug-likeness (QED) is 0.585.